The minimum Gasteiger partial charge on any atom is -0.383 e. The molecule has 0 aromatic heterocycles. The lowest BCUT2D eigenvalue weighted by atomic mass is 10.2. The van der Waals surface area contributed by atoms with Gasteiger partial charge in [-0.25, -0.2) is 0 Å². The average molecular weight is 249 g/mol. The molecule has 0 aliphatic rings. The van der Waals surface area contributed by atoms with Gasteiger partial charge in [0.2, 0.25) is 0 Å². The van der Waals surface area contributed by atoms with Crippen molar-refractivity contribution in [3.8, 4) is 0 Å². The van der Waals surface area contributed by atoms with Gasteiger partial charge in [0.1, 0.15) is 0 Å². The maximum atomic E-state index is 4.91. The third-order valence-corrected chi connectivity index (χ3v) is 1.69. The molecule has 0 saturated heterocycles. The van der Waals surface area contributed by atoms with Crippen LogP contribution in [-0.4, -0.2) is 26.8 Å². The predicted molar refractivity (Wildman–Crippen MR) is 82.9 cm³/mol. The van der Waals surface area contributed by atoms with Crippen molar-refractivity contribution in [2.24, 2.45) is 0 Å². The second-order valence-electron chi connectivity index (χ2n) is 2.80. The summed E-state index contributed by atoms with van der Waals surface area (Å²) < 4.78 is 4.91. The van der Waals surface area contributed by atoms with Gasteiger partial charge in [-0.1, -0.05) is 67.7 Å². The number of rotatable bonds is 8. The normalized spacial score (nSPS) is 7.76. The molecule has 2 nitrogen and oxygen atoms in total. The first-order valence-electron chi connectivity index (χ1n) is 7.61. The van der Waals surface area contributed by atoms with E-state index in [0.29, 0.717) is 0 Å². The van der Waals surface area contributed by atoms with Crippen molar-refractivity contribution < 1.29 is 4.74 Å². The van der Waals surface area contributed by atoms with Crippen LogP contribution in [0.3, 0.4) is 0 Å². The third-order valence-electron chi connectivity index (χ3n) is 1.69. The molecule has 110 valence electrons. The zero-order valence-corrected chi connectivity index (χ0v) is 13.9. The fraction of sp³-hybridized carbons (Fsp3) is 1.00. The fourth-order valence-corrected chi connectivity index (χ4v) is 0.976. The molecule has 0 aliphatic heterocycles. The summed E-state index contributed by atoms with van der Waals surface area (Å²) in [6, 6.07) is 0. The summed E-state index contributed by atoms with van der Waals surface area (Å²) in [5, 5.41) is 3.32. The van der Waals surface area contributed by atoms with Crippen molar-refractivity contribution in [1.82, 2.24) is 5.32 Å². The second kappa shape index (κ2) is 44.5. The Morgan fingerprint density at radius 1 is 0.765 bits per heavy atom. The van der Waals surface area contributed by atoms with Crippen LogP contribution in [0.2, 0.25) is 0 Å². The molecule has 0 saturated carbocycles. The minimum absolute atomic E-state index is 0.827. The number of unbranched alkanes of at least 4 members (excludes halogenated alkanes) is 3. The molecular weight excluding hydrogens is 210 g/mol. The molecule has 0 spiro atoms. The SMILES string of the molecule is CC.CC.CC.CCCCCCNCCOC. The molecule has 2 heteroatoms. The summed E-state index contributed by atoms with van der Waals surface area (Å²) in [5.74, 6) is 0. The summed E-state index contributed by atoms with van der Waals surface area (Å²) in [6.07, 6.45) is 5.35. The van der Waals surface area contributed by atoms with Crippen LogP contribution in [0.4, 0.5) is 0 Å². The van der Waals surface area contributed by atoms with Crippen molar-refractivity contribution in [3.05, 3.63) is 0 Å². The quantitative estimate of drug-likeness (QED) is 0.619. The van der Waals surface area contributed by atoms with Gasteiger partial charge < -0.3 is 10.1 Å². The molecule has 0 unspecified atom stereocenters. The van der Waals surface area contributed by atoms with E-state index in [9.17, 15) is 0 Å². The molecule has 0 aliphatic carbocycles. The summed E-state index contributed by atoms with van der Waals surface area (Å²) in [4.78, 5) is 0. The summed E-state index contributed by atoms with van der Waals surface area (Å²) in [5.41, 5.74) is 0. The fourth-order valence-electron chi connectivity index (χ4n) is 0.976. The Kier molecular flexibility index (Phi) is 67.3. The van der Waals surface area contributed by atoms with Crippen LogP contribution in [-0.2, 0) is 4.74 Å². The van der Waals surface area contributed by atoms with Crippen molar-refractivity contribution in [2.45, 2.75) is 74.1 Å². The van der Waals surface area contributed by atoms with E-state index in [1.54, 1.807) is 7.11 Å². The van der Waals surface area contributed by atoms with Crippen LogP contribution < -0.4 is 5.32 Å². The third kappa shape index (κ3) is 49.2. The lowest BCUT2D eigenvalue weighted by Gasteiger charge is -2.02. The van der Waals surface area contributed by atoms with Crippen LogP contribution >= 0.6 is 0 Å². The van der Waals surface area contributed by atoms with E-state index >= 15 is 0 Å². The molecule has 0 heterocycles. The second-order valence-corrected chi connectivity index (χ2v) is 2.80. The number of nitrogens with one attached hydrogen (secondary N) is 1. The number of methoxy groups -OCH3 is 1. The Morgan fingerprint density at radius 2 is 1.29 bits per heavy atom. The zero-order valence-electron chi connectivity index (χ0n) is 13.9. The van der Waals surface area contributed by atoms with Crippen molar-refractivity contribution in [3.63, 3.8) is 0 Å². The molecule has 0 bridgehead atoms. The van der Waals surface area contributed by atoms with Gasteiger partial charge in [0.15, 0.2) is 0 Å². The zero-order chi connectivity index (χ0) is 14.4. The van der Waals surface area contributed by atoms with Crippen LogP contribution in [0.1, 0.15) is 74.1 Å². The van der Waals surface area contributed by atoms with Crippen molar-refractivity contribution >= 4 is 0 Å². The van der Waals surface area contributed by atoms with E-state index in [-0.39, 0.29) is 0 Å². The van der Waals surface area contributed by atoms with Gasteiger partial charge in [-0.05, 0) is 13.0 Å². The first-order valence-corrected chi connectivity index (χ1v) is 7.61. The largest absolute Gasteiger partial charge is 0.383 e. The molecule has 17 heavy (non-hydrogen) atoms. The first kappa shape index (κ1) is 25.7. The number of ether oxygens (including phenoxy) is 1. The van der Waals surface area contributed by atoms with Crippen LogP contribution in [0.25, 0.3) is 0 Å². The topological polar surface area (TPSA) is 21.3 Å². The molecular formula is C15H39NO. The minimum atomic E-state index is 0.827. The van der Waals surface area contributed by atoms with Gasteiger partial charge in [-0.3, -0.25) is 0 Å². The highest BCUT2D eigenvalue weighted by Crippen LogP contribution is 1.96. The van der Waals surface area contributed by atoms with Gasteiger partial charge >= 0.3 is 0 Å². The molecule has 0 aromatic carbocycles. The highest BCUT2D eigenvalue weighted by molar-refractivity contribution is 4.47. The lowest BCUT2D eigenvalue weighted by molar-refractivity contribution is 0.199. The van der Waals surface area contributed by atoms with E-state index in [0.717, 1.165) is 19.7 Å². The molecule has 0 amide bonds. The standard InChI is InChI=1S/C9H21NO.3C2H6/c1-3-4-5-6-7-10-8-9-11-2;3*1-2/h10H,3-9H2,1-2H3;3*1-2H3. The maximum Gasteiger partial charge on any atom is 0.0587 e. The predicted octanol–water partition coefficient (Wildman–Crippen LogP) is 4.88. The summed E-state index contributed by atoms with van der Waals surface area (Å²) in [6.45, 7) is 17.2. The Morgan fingerprint density at radius 3 is 1.71 bits per heavy atom. The molecule has 0 rings (SSSR count). The van der Waals surface area contributed by atoms with Crippen molar-refractivity contribution in [2.75, 3.05) is 26.8 Å². The van der Waals surface area contributed by atoms with Crippen LogP contribution in [0.15, 0.2) is 0 Å². The molecule has 0 fully saturated rings. The Balaban J connectivity index is -0.000000121. The van der Waals surface area contributed by atoms with Crippen molar-refractivity contribution in [1.29, 1.82) is 0 Å². The van der Waals surface area contributed by atoms with Crippen LogP contribution in [0, 0.1) is 0 Å². The van der Waals surface area contributed by atoms with E-state index in [2.05, 4.69) is 12.2 Å². The summed E-state index contributed by atoms with van der Waals surface area (Å²) in [7, 11) is 1.73. The lowest BCUT2D eigenvalue weighted by Crippen LogP contribution is -2.20. The Labute approximate surface area is 112 Å². The van der Waals surface area contributed by atoms with Gasteiger partial charge in [0, 0.05) is 13.7 Å². The van der Waals surface area contributed by atoms with E-state index in [1.807, 2.05) is 41.5 Å². The number of hydrogen-bond donors (Lipinski definition) is 1. The van der Waals surface area contributed by atoms with E-state index < -0.39 is 0 Å². The van der Waals surface area contributed by atoms with E-state index in [1.165, 1.54) is 25.7 Å². The van der Waals surface area contributed by atoms with Crippen LogP contribution in [0.5, 0.6) is 0 Å². The van der Waals surface area contributed by atoms with E-state index in [4.69, 9.17) is 4.74 Å². The highest BCUT2D eigenvalue weighted by Gasteiger charge is 1.87. The summed E-state index contributed by atoms with van der Waals surface area (Å²) >= 11 is 0. The number of hydrogen-bond acceptors (Lipinski definition) is 2. The first-order chi connectivity index (χ1) is 8.41. The smallest absolute Gasteiger partial charge is 0.0587 e. The van der Waals surface area contributed by atoms with Gasteiger partial charge in [-0.2, -0.15) is 0 Å². The Hall–Kier alpha value is -0.0800. The molecule has 0 atom stereocenters. The van der Waals surface area contributed by atoms with Gasteiger partial charge in [0.25, 0.3) is 0 Å². The van der Waals surface area contributed by atoms with Gasteiger partial charge in [0.05, 0.1) is 6.61 Å². The van der Waals surface area contributed by atoms with Gasteiger partial charge in [-0.15, -0.1) is 0 Å². The monoisotopic (exact) mass is 249 g/mol. The maximum absolute atomic E-state index is 4.91. The molecule has 0 aromatic rings. The average Bonchev–Trinajstić information content (AvgIpc) is 2.45. The molecule has 1 N–H and O–H groups in total. The Bertz CT molecular complexity index is 59.9. The highest BCUT2D eigenvalue weighted by atomic mass is 16.5. The molecule has 0 radical (unpaired) electrons.